The van der Waals surface area contributed by atoms with E-state index in [1.165, 1.54) is 14.2 Å². The lowest BCUT2D eigenvalue weighted by atomic mass is 10.2. The molecule has 0 bridgehead atoms. The van der Waals surface area contributed by atoms with Gasteiger partial charge in [-0.1, -0.05) is 0 Å². The molecule has 1 heterocycles. The van der Waals surface area contributed by atoms with Gasteiger partial charge in [-0.25, -0.2) is 0 Å². The molecule has 2 atom stereocenters. The molecular weight excluding hydrogens is 305 g/mol. The minimum absolute atomic E-state index is 0.0709. The minimum Gasteiger partial charge on any atom is -0.469 e. The second-order valence-electron chi connectivity index (χ2n) is 5.50. The minimum atomic E-state index is -4.28. The van der Waals surface area contributed by atoms with Gasteiger partial charge in [0.25, 0.3) is 0 Å². The maximum atomic E-state index is 12.2. The van der Waals surface area contributed by atoms with Gasteiger partial charge in [0, 0.05) is 26.2 Å². The first kappa shape index (κ1) is 19.1. The SMILES string of the molecule is COC(=O)C[C@@H]1CN(C[C@H](O)CN(C)CC(F)(F)F)CCO1. The zero-order valence-electron chi connectivity index (χ0n) is 12.8. The molecule has 130 valence electrons. The molecule has 1 aliphatic heterocycles. The second-order valence-corrected chi connectivity index (χ2v) is 5.50. The molecule has 1 rings (SSSR count). The summed E-state index contributed by atoms with van der Waals surface area (Å²) in [5.74, 6) is -0.377. The van der Waals surface area contributed by atoms with Crippen LogP contribution in [0.3, 0.4) is 0 Å². The number of esters is 1. The lowest BCUT2D eigenvalue weighted by molar-refractivity contribution is -0.146. The lowest BCUT2D eigenvalue weighted by Crippen LogP contribution is -2.48. The molecular formula is C13H23F3N2O4. The van der Waals surface area contributed by atoms with Gasteiger partial charge in [0.05, 0.1) is 38.9 Å². The van der Waals surface area contributed by atoms with Crippen molar-refractivity contribution >= 4 is 5.97 Å². The third kappa shape index (κ3) is 7.92. The second kappa shape index (κ2) is 8.66. The van der Waals surface area contributed by atoms with Crippen molar-refractivity contribution < 1.29 is 32.5 Å². The van der Waals surface area contributed by atoms with E-state index in [2.05, 4.69) is 4.74 Å². The summed E-state index contributed by atoms with van der Waals surface area (Å²) in [5, 5.41) is 9.90. The topological polar surface area (TPSA) is 62.2 Å². The van der Waals surface area contributed by atoms with E-state index in [0.717, 1.165) is 4.90 Å². The average molecular weight is 328 g/mol. The first-order chi connectivity index (χ1) is 10.2. The summed E-state index contributed by atoms with van der Waals surface area (Å²) >= 11 is 0. The van der Waals surface area contributed by atoms with E-state index in [0.29, 0.717) is 19.7 Å². The molecule has 1 N–H and O–H groups in total. The van der Waals surface area contributed by atoms with Crippen LogP contribution < -0.4 is 0 Å². The molecule has 1 aliphatic rings. The molecule has 0 aromatic carbocycles. The Kier molecular flexibility index (Phi) is 7.54. The van der Waals surface area contributed by atoms with E-state index in [9.17, 15) is 23.1 Å². The monoisotopic (exact) mass is 328 g/mol. The number of aliphatic hydroxyl groups excluding tert-OH is 1. The highest BCUT2D eigenvalue weighted by Gasteiger charge is 2.30. The summed E-state index contributed by atoms with van der Waals surface area (Å²) in [7, 11) is 2.61. The van der Waals surface area contributed by atoms with Crippen molar-refractivity contribution in [2.45, 2.75) is 24.8 Å². The summed E-state index contributed by atoms with van der Waals surface area (Å²) in [6, 6.07) is 0. The number of methoxy groups -OCH3 is 1. The highest BCUT2D eigenvalue weighted by Crippen LogP contribution is 2.16. The number of ether oxygens (including phenoxy) is 2. The van der Waals surface area contributed by atoms with Crippen LogP contribution in [-0.4, -0.2) is 92.7 Å². The van der Waals surface area contributed by atoms with Crippen LogP contribution in [0.4, 0.5) is 13.2 Å². The molecule has 9 heteroatoms. The zero-order valence-corrected chi connectivity index (χ0v) is 12.8. The zero-order chi connectivity index (χ0) is 16.8. The van der Waals surface area contributed by atoms with Crippen LogP contribution in [0.1, 0.15) is 6.42 Å². The third-order valence-electron chi connectivity index (χ3n) is 3.29. The van der Waals surface area contributed by atoms with Crippen LogP contribution in [0.5, 0.6) is 0 Å². The van der Waals surface area contributed by atoms with Gasteiger partial charge in [-0.3, -0.25) is 14.6 Å². The van der Waals surface area contributed by atoms with Crippen molar-refractivity contribution in [2.24, 2.45) is 0 Å². The Balaban J connectivity index is 2.34. The molecule has 0 unspecified atom stereocenters. The number of hydrogen-bond acceptors (Lipinski definition) is 6. The van der Waals surface area contributed by atoms with Gasteiger partial charge in [0.15, 0.2) is 0 Å². The fraction of sp³-hybridized carbons (Fsp3) is 0.923. The number of carbonyl (C=O) groups excluding carboxylic acids is 1. The number of morpholine rings is 1. The molecule has 0 aromatic rings. The van der Waals surface area contributed by atoms with Crippen molar-refractivity contribution in [3.8, 4) is 0 Å². The number of halogens is 3. The molecule has 0 amide bonds. The number of likely N-dealkylation sites (N-methyl/N-ethyl adjacent to an activating group) is 1. The van der Waals surface area contributed by atoms with Gasteiger partial charge in [-0.15, -0.1) is 0 Å². The van der Waals surface area contributed by atoms with Gasteiger partial charge >= 0.3 is 12.1 Å². The normalized spacial score (nSPS) is 21.9. The summed E-state index contributed by atoms with van der Waals surface area (Å²) in [6.07, 6.45) is -5.37. The Bertz CT molecular complexity index is 355. The van der Waals surface area contributed by atoms with Gasteiger partial charge in [-0.05, 0) is 7.05 Å². The molecule has 0 aromatic heterocycles. The predicted molar refractivity (Wildman–Crippen MR) is 72.4 cm³/mol. The number of carbonyl (C=O) groups is 1. The summed E-state index contributed by atoms with van der Waals surface area (Å²) in [5.41, 5.74) is 0. The molecule has 6 nitrogen and oxygen atoms in total. The molecule has 0 spiro atoms. The van der Waals surface area contributed by atoms with Crippen molar-refractivity contribution in [2.75, 3.05) is 53.5 Å². The van der Waals surface area contributed by atoms with Gasteiger partial charge < -0.3 is 14.6 Å². The maximum Gasteiger partial charge on any atom is 0.401 e. The van der Waals surface area contributed by atoms with Crippen LogP contribution in [0.25, 0.3) is 0 Å². The number of aliphatic hydroxyl groups is 1. The van der Waals surface area contributed by atoms with E-state index >= 15 is 0 Å². The summed E-state index contributed by atoms with van der Waals surface area (Å²) < 4.78 is 46.7. The van der Waals surface area contributed by atoms with E-state index in [-0.39, 0.29) is 31.6 Å². The number of hydrogen-bond donors (Lipinski definition) is 1. The Labute approximate surface area is 127 Å². The molecule has 22 heavy (non-hydrogen) atoms. The number of nitrogens with zero attached hydrogens (tertiary/aromatic N) is 2. The quantitative estimate of drug-likeness (QED) is 0.669. The highest BCUT2D eigenvalue weighted by molar-refractivity contribution is 5.69. The molecule has 0 saturated carbocycles. The van der Waals surface area contributed by atoms with Gasteiger partial charge in [0.1, 0.15) is 0 Å². The van der Waals surface area contributed by atoms with Crippen LogP contribution in [0, 0.1) is 0 Å². The Morgan fingerprint density at radius 2 is 2.23 bits per heavy atom. The first-order valence-corrected chi connectivity index (χ1v) is 7.03. The molecule has 1 fully saturated rings. The molecule has 0 aliphatic carbocycles. The fourth-order valence-corrected chi connectivity index (χ4v) is 2.43. The number of alkyl halides is 3. The van der Waals surface area contributed by atoms with E-state index < -0.39 is 18.8 Å². The lowest BCUT2D eigenvalue weighted by Gasteiger charge is -2.34. The first-order valence-electron chi connectivity index (χ1n) is 7.03. The number of β-amino-alcohol motifs (C(OH)–C–C–N with tert-alkyl or cyclic N) is 1. The molecule has 0 radical (unpaired) electrons. The number of rotatable bonds is 7. The van der Waals surface area contributed by atoms with Gasteiger partial charge in [0.2, 0.25) is 0 Å². The summed E-state index contributed by atoms with van der Waals surface area (Å²) in [4.78, 5) is 14.1. The Morgan fingerprint density at radius 3 is 2.82 bits per heavy atom. The van der Waals surface area contributed by atoms with Crippen molar-refractivity contribution in [1.82, 2.24) is 9.80 Å². The Hall–Kier alpha value is -0.900. The Morgan fingerprint density at radius 1 is 1.55 bits per heavy atom. The van der Waals surface area contributed by atoms with E-state index in [4.69, 9.17) is 4.74 Å². The van der Waals surface area contributed by atoms with Crippen molar-refractivity contribution in [3.05, 3.63) is 0 Å². The van der Waals surface area contributed by atoms with Crippen LogP contribution in [0.2, 0.25) is 0 Å². The highest BCUT2D eigenvalue weighted by atomic mass is 19.4. The van der Waals surface area contributed by atoms with E-state index in [1.54, 1.807) is 0 Å². The van der Waals surface area contributed by atoms with Crippen molar-refractivity contribution in [1.29, 1.82) is 0 Å². The largest absolute Gasteiger partial charge is 0.469 e. The molecule has 1 saturated heterocycles. The standard InChI is InChI=1S/C13H23F3N2O4/c1-17(9-13(14,15)16)6-10(19)7-18-3-4-22-11(8-18)5-12(20)21-2/h10-11,19H,3-9H2,1-2H3/t10-,11-/m1/s1. The smallest absolute Gasteiger partial charge is 0.401 e. The van der Waals surface area contributed by atoms with Gasteiger partial charge in [-0.2, -0.15) is 13.2 Å². The van der Waals surface area contributed by atoms with Crippen LogP contribution in [0.15, 0.2) is 0 Å². The van der Waals surface area contributed by atoms with E-state index in [1.807, 2.05) is 4.90 Å². The predicted octanol–water partition coefficient (Wildman–Crippen LogP) is 0.105. The van der Waals surface area contributed by atoms with Crippen LogP contribution >= 0.6 is 0 Å². The maximum absolute atomic E-state index is 12.2. The summed E-state index contributed by atoms with van der Waals surface area (Å²) in [6.45, 7) is 0.527. The fourth-order valence-electron chi connectivity index (χ4n) is 2.43. The average Bonchev–Trinajstić information content (AvgIpc) is 2.36. The van der Waals surface area contributed by atoms with Crippen LogP contribution in [-0.2, 0) is 14.3 Å². The van der Waals surface area contributed by atoms with Crippen molar-refractivity contribution in [3.63, 3.8) is 0 Å². The third-order valence-corrected chi connectivity index (χ3v) is 3.29.